The van der Waals surface area contributed by atoms with E-state index < -0.39 is 44.7 Å². The molecular formula is C51H50F2N10O8S2. The topological polar surface area (TPSA) is 227 Å². The summed E-state index contributed by atoms with van der Waals surface area (Å²) < 4.78 is 67.9. The number of halogens is 2. The number of nitrogens with zero attached hydrogens (tertiary/aromatic N) is 7. The second-order valence-corrected chi connectivity index (χ2v) is 21.7. The highest BCUT2D eigenvalue weighted by Crippen LogP contribution is 2.45. The van der Waals surface area contributed by atoms with E-state index >= 15 is 4.39 Å². The first-order chi connectivity index (χ1) is 35.0. The van der Waals surface area contributed by atoms with Crippen molar-refractivity contribution in [2.75, 3.05) is 30.9 Å². The Kier molecular flexibility index (Phi) is 13.1. The molecule has 0 saturated carbocycles. The highest BCUT2D eigenvalue weighted by molar-refractivity contribution is 7.89. The normalized spacial score (nSPS) is 17.4. The number of pyridine rings is 2. The Morgan fingerprint density at radius 1 is 1.05 bits per heavy atom. The van der Waals surface area contributed by atoms with Crippen LogP contribution in [0.15, 0.2) is 86.9 Å². The number of carbonyl (C=O) groups excluding carboxylic acids is 3. The summed E-state index contributed by atoms with van der Waals surface area (Å²) in [6.45, 7) is 4.70. The molecule has 3 aliphatic heterocycles. The zero-order valence-electron chi connectivity index (χ0n) is 40.3. The second kappa shape index (κ2) is 19.4. The van der Waals surface area contributed by atoms with Gasteiger partial charge in [-0.25, -0.2) is 32.2 Å². The van der Waals surface area contributed by atoms with E-state index in [1.807, 2.05) is 31.2 Å². The minimum Gasteiger partial charge on any atom is -0.476 e. The van der Waals surface area contributed by atoms with Crippen LogP contribution in [0, 0.1) is 18.6 Å². The summed E-state index contributed by atoms with van der Waals surface area (Å²) in [5.74, 6) is -2.59. The van der Waals surface area contributed by atoms with Gasteiger partial charge in [-0.15, -0.1) is 11.3 Å². The molecule has 5 aromatic heterocycles. The van der Waals surface area contributed by atoms with Crippen LogP contribution in [0.3, 0.4) is 0 Å². The lowest BCUT2D eigenvalue weighted by Crippen LogP contribution is -2.46. The van der Waals surface area contributed by atoms with Crippen LogP contribution in [0.2, 0.25) is 0 Å². The van der Waals surface area contributed by atoms with Gasteiger partial charge in [0.15, 0.2) is 27.0 Å². The zero-order chi connectivity index (χ0) is 51.3. The number of carbonyl (C=O) groups is 3. The molecule has 0 spiro atoms. The number of likely N-dealkylation sites (tertiary alicyclic amines) is 1. The maximum Gasteiger partial charge on any atom is 0.274 e. The number of H-pyrrole nitrogens is 1. The second-order valence-electron chi connectivity index (χ2n) is 18.8. The number of aromatic amines is 1. The average Bonchev–Trinajstić information content (AvgIpc) is 4.21. The Morgan fingerprint density at radius 2 is 1.86 bits per heavy atom. The Hall–Kier alpha value is -7.59. The predicted octanol–water partition coefficient (Wildman–Crippen LogP) is 6.78. The van der Waals surface area contributed by atoms with Gasteiger partial charge >= 0.3 is 0 Å². The van der Waals surface area contributed by atoms with Gasteiger partial charge in [0.25, 0.3) is 23.3 Å². The molecule has 8 heterocycles. The third-order valence-corrected chi connectivity index (χ3v) is 15.3. The monoisotopic (exact) mass is 1030 g/mol. The number of anilines is 2. The molecule has 0 aliphatic carbocycles. The summed E-state index contributed by atoms with van der Waals surface area (Å²) in [5.41, 5.74) is 5.42. The molecule has 378 valence electrons. The van der Waals surface area contributed by atoms with Crippen LogP contribution < -0.4 is 25.8 Å². The van der Waals surface area contributed by atoms with Crippen LogP contribution in [0.25, 0.3) is 32.5 Å². The van der Waals surface area contributed by atoms with Gasteiger partial charge in [-0.2, -0.15) is 0 Å². The smallest absolute Gasteiger partial charge is 0.274 e. The molecule has 0 unspecified atom stereocenters. The van der Waals surface area contributed by atoms with E-state index in [0.717, 1.165) is 40.6 Å². The fourth-order valence-corrected chi connectivity index (χ4v) is 11.5. The summed E-state index contributed by atoms with van der Waals surface area (Å²) in [7, 11) is -2.11. The number of unbranched alkanes of at least 4 members (excludes halogenated alkanes) is 2. The minimum absolute atomic E-state index is 0.0189. The average molecular weight is 1030 g/mol. The number of amidine groups is 1. The highest BCUT2D eigenvalue weighted by Gasteiger charge is 2.45. The van der Waals surface area contributed by atoms with E-state index in [0.29, 0.717) is 77.7 Å². The molecule has 7 aromatic rings. The van der Waals surface area contributed by atoms with Gasteiger partial charge in [-0.3, -0.25) is 19.2 Å². The Morgan fingerprint density at radius 3 is 2.62 bits per heavy atom. The Balaban J connectivity index is 0.751. The summed E-state index contributed by atoms with van der Waals surface area (Å²) in [5, 5.41) is 10.4. The van der Waals surface area contributed by atoms with Crippen molar-refractivity contribution in [1.29, 1.82) is 0 Å². The maximum atomic E-state index is 15.5. The van der Waals surface area contributed by atoms with Gasteiger partial charge in [0.1, 0.15) is 22.9 Å². The van der Waals surface area contributed by atoms with Crippen molar-refractivity contribution in [2.45, 2.75) is 76.3 Å². The first-order valence-corrected chi connectivity index (χ1v) is 26.6. The van der Waals surface area contributed by atoms with E-state index in [9.17, 15) is 32.0 Å². The standard InChI is InChI=1S/C51H50F2N10O8S2/c1-28-45(72-27-57-28)29-10-12-32(13-11-29)51(2)50(67)58-46(59-51)39-9-8-15-62(39)42(64)20-34-19-41(60-71-34)70-16-7-5-6-14-54-48(65)35-21-40-36(17-30(35)26-73(4,68)69)37-25-61(3)49(66)44-43(37)31(22-55-44)24-63(40)47-38(53)18-33(52)23-56-47/h10-13,17-19,21-23,25,27,39,55H,5-9,14-16,20,24,26H2,1-4H3,(H,54,65)(H,58,59,67)/t39-,51-/m0/s1. The van der Waals surface area contributed by atoms with Gasteiger partial charge in [0, 0.05) is 73.0 Å². The Labute approximate surface area is 421 Å². The van der Waals surface area contributed by atoms with Gasteiger partial charge < -0.3 is 39.2 Å². The van der Waals surface area contributed by atoms with Crippen molar-refractivity contribution in [3.8, 4) is 27.4 Å². The van der Waals surface area contributed by atoms with Gasteiger partial charge in [-0.05, 0) is 85.5 Å². The molecule has 2 aromatic carbocycles. The molecule has 18 nitrogen and oxygen atoms in total. The lowest BCUT2D eigenvalue weighted by Gasteiger charge is -2.26. The molecular weight excluding hydrogens is 983 g/mol. The number of hydrogen-bond donors (Lipinski definition) is 3. The fraction of sp³-hybridized carbons (Fsp3) is 0.333. The van der Waals surface area contributed by atoms with E-state index in [-0.39, 0.29) is 71.8 Å². The van der Waals surface area contributed by atoms with Crippen molar-refractivity contribution >= 4 is 67.1 Å². The largest absolute Gasteiger partial charge is 0.476 e. The van der Waals surface area contributed by atoms with Gasteiger partial charge in [0.2, 0.25) is 5.91 Å². The molecule has 3 N–H and O–H groups in total. The molecule has 0 bridgehead atoms. The third kappa shape index (κ3) is 9.63. The number of thiazole rings is 1. The predicted molar refractivity (Wildman–Crippen MR) is 269 cm³/mol. The molecule has 2 atom stereocenters. The van der Waals surface area contributed by atoms with E-state index in [1.165, 1.54) is 15.5 Å². The maximum absolute atomic E-state index is 15.5. The number of aryl methyl sites for hydroxylation is 2. The number of benzene rings is 2. The molecule has 3 aliphatic rings. The molecule has 10 rings (SSSR count). The molecule has 3 amide bonds. The quantitative estimate of drug-likeness (QED) is 0.0852. The van der Waals surface area contributed by atoms with Crippen molar-refractivity contribution < 1.29 is 40.8 Å². The number of hydrogen-bond acceptors (Lipinski definition) is 14. The summed E-state index contributed by atoms with van der Waals surface area (Å²) >= 11 is 1.56. The zero-order valence-corrected chi connectivity index (χ0v) is 41.9. The molecule has 1 fully saturated rings. The van der Waals surface area contributed by atoms with Crippen molar-refractivity contribution in [2.24, 2.45) is 12.0 Å². The van der Waals surface area contributed by atoms with Crippen LogP contribution in [0.1, 0.15) is 77.5 Å². The van der Waals surface area contributed by atoms with Crippen LogP contribution in [-0.4, -0.2) is 93.5 Å². The van der Waals surface area contributed by atoms with Gasteiger partial charge in [-0.1, -0.05) is 24.3 Å². The van der Waals surface area contributed by atoms with Crippen LogP contribution in [0.5, 0.6) is 5.88 Å². The van der Waals surface area contributed by atoms with Gasteiger partial charge in [0.05, 0.1) is 59.3 Å². The lowest BCUT2D eigenvalue weighted by atomic mass is 9.91. The molecule has 1 saturated heterocycles. The van der Waals surface area contributed by atoms with Crippen molar-refractivity contribution in [3.05, 3.63) is 128 Å². The number of rotatable bonds is 16. The number of amides is 3. The number of aromatic nitrogens is 5. The van der Waals surface area contributed by atoms with Crippen LogP contribution in [0.4, 0.5) is 20.3 Å². The van der Waals surface area contributed by atoms with E-state index in [4.69, 9.17) is 14.3 Å². The highest BCUT2D eigenvalue weighted by atomic mass is 32.2. The third-order valence-electron chi connectivity index (χ3n) is 13.5. The molecule has 22 heteroatoms. The fourth-order valence-electron chi connectivity index (χ4n) is 9.86. The molecule has 73 heavy (non-hydrogen) atoms. The number of sulfone groups is 1. The SMILES string of the molecule is Cc1ncsc1-c1ccc([C@]2(C)N=C([C@@H]3CCCN3C(=O)Cc3cc(OCCCCCNC(=O)c4cc5c(cc4CS(C)(=O)=O)-c4cn(C)c(=O)c6[nH]cc(c46)CN5c4ncc(F)cc4F)no3)NC2=O)cc1. The molecule has 0 radical (unpaired) electrons. The summed E-state index contributed by atoms with van der Waals surface area (Å²) in [6.07, 6.45) is 8.23. The van der Waals surface area contributed by atoms with E-state index in [2.05, 4.69) is 30.7 Å². The number of ether oxygens (including phenoxy) is 1. The summed E-state index contributed by atoms with van der Waals surface area (Å²) in [4.78, 5) is 74.8. The van der Waals surface area contributed by atoms with Crippen LogP contribution >= 0.6 is 11.3 Å². The van der Waals surface area contributed by atoms with Crippen LogP contribution in [-0.2, 0) is 50.7 Å². The number of aliphatic imine (C=N–C) groups is 1. The van der Waals surface area contributed by atoms with Crippen molar-refractivity contribution in [3.63, 3.8) is 0 Å². The lowest BCUT2D eigenvalue weighted by molar-refractivity contribution is -0.130. The van der Waals surface area contributed by atoms with Crippen molar-refractivity contribution in [1.82, 2.24) is 40.2 Å². The summed E-state index contributed by atoms with van der Waals surface area (Å²) in [6, 6.07) is 12.7. The Bertz CT molecular complexity index is 3550. The number of nitrogens with one attached hydrogen (secondary N) is 3. The first-order valence-electron chi connectivity index (χ1n) is 23.7. The minimum atomic E-state index is -3.69. The number of fused-ring (bicyclic) bond motifs is 2. The first kappa shape index (κ1) is 49.0. The van der Waals surface area contributed by atoms with E-state index in [1.54, 1.807) is 60.2 Å².